The molecule has 0 aromatic rings. The molecular formula is C9H19N3O2. The Morgan fingerprint density at radius 2 is 2.00 bits per heavy atom. The van der Waals surface area contributed by atoms with Gasteiger partial charge in [-0.15, -0.1) is 0 Å². The maximum absolute atomic E-state index is 11.5. The number of amides is 1. The number of hydrogen-bond acceptors (Lipinski definition) is 3. The van der Waals surface area contributed by atoms with E-state index in [4.69, 9.17) is 10.9 Å². The van der Waals surface area contributed by atoms with Crippen molar-refractivity contribution in [2.75, 3.05) is 7.05 Å². The van der Waals surface area contributed by atoms with Crippen LogP contribution in [-0.2, 0) is 4.79 Å². The molecule has 0 aromatic carbocycles. The van der Waals surface area contributed by atoms with Crippen LogP contribution in [0.3, 0.4) is 0 Å². The Labute approximate surface area is 84.6 Å². The molecule has 0 aliphatic heterocycles. The second-order valence-electron chi connectivity index (χ2n) is 3.24. The highest BCUT2D eigenvalue weighted by atomic mass is 16.4. The van der Waals surface area contributed by atoms with Crippen LogP contribution in [0.15, 0.2) is 5.16 Å². The Morgan fingerprint density at radius 3 is 2.36 bits per heavy atom. The van der Waals surface area contributed by atoms with Crippen LogP contribution in [0.1, 0.15) is 33.1 Å². The van der Waals surface area contributed by atoms with Crippen molar-refractivity contribution in [1.29, 1.82) is 0 Å². The average molecular weight is 201 g/mol. The summed E-state index contributed by atoms with van der Waals surface area (Å²) in [6.45, 7) is 4.06. The average Bonchev–Trinajstić information content (AvgIpc) is 2.19. The first kappa shape index (κ1) is 12.7. The summed E-state index contributed by atoms with van der Waals surface area (Å²) in [5, 5.41) is 11.1. The zero-order valence-electron chi connectivity index (χ0n) is 9.03. The highest BCUT2D eigenvalue weighted by Crippen LogP contribution is 2.07. The normalized spacial score (nSPS) is 11.9. The van der Waals surface area contributed by atoms with Crippen molar-refractivity contribution in [2.45, 2.75) is 39.2 Å². The Bertz CT molecular complexity index is 212. The summed E-state index contributed by atoms with van der Waals surface area (Å²) in [6, 6.07) is 0.231. The molecule has 5 nitrogen and oxygen atoms in total. The maximum Gasteiger partial charge on any atom is 0.230 e. The molecule has 82 valence electrons. The van der Waals surface area contributed by atoms with E-state index >= 15 is 0 Å². The summed E-state index contributed by atoms with van der Waals surface area (Å²) in [6.07, 6.45) is 1.80. The monoisotopic (exact) mass is 201 g/mol. The third kappa shape index (κ3) is 3.64. The van der Waals surface area contributed by atoms with Gasteiger partial charge in [0.05, 0.1) is 6.42 Å². The van der Waals surface area contributed by atoms with Crippen LogP contribution in [0.5, 0.6) is 0 Å². The summed E-state index contributed by atoms with van der Waals surface area (Å²) in [5.41, 5.74) is 5.25. The van der Waals surface area contributed by atoms with Gasteiger partial charge in [0.15, 0.2) is 0 Å². The van der Waals surface area contributed by atoms with Crippen molar-refractivity contribution < 1.29 is 10.0 Å². The molecule has 0 fully saturated rings. The van der Waals surface area contributed by atoms with Crippen molar-refractivity contribution in [3.63, 3.8) is 0 Å². The lowest BCUT2D eigenvalue weighted by molar-refractivity contribution is -0.130. The van der Waals surface area contributed by atoms with Crippen LogP contribution >= 0.6 is 0 Å². The minimum Gasteiger partial charge on any atom is -0.409 e. The Kier molecular flexibility index (Phi) is 5.67. The quantitative estimate of drug-likeness (QED) is 0.298. The first-order valence-corrected chi connectivity index (χ1v) is 4.78. The molecule has 3 N–H and O–H groups in total. The topological polar surface area (TPSA) is 78.9 Å². The zero-order chi connectivity index (χ0) is 11.1. The summed E-state index contributed by atoms with van der Waals surface area (Å²) < 4.78 is 0. The molecule has 5 heteroatoms. The smallest absolute Gasteiger partial charge is 0.230 e. The number of oxime groups is 1. The van der Waals surface area contributed by atoms with Gasteiger partial charge in [0.2, 0.25) is 5.91 Å². The summed E-state index contributed by atoms with van der Waals surface area (Å²) in [5.74, 6) is -0.165. The van der Waals surface area contributed by atoms with Crippen LogP contribution in [0.4, 0.5) is 0 Å². The number of carbonyl (C=O) groups is 1. The van der Waals surface area contributed by atoms with Crippen LogP contribution in [0, 0.1) is 0 Å². The Hall–Kier alpha value is -1.26. The van der Waals surface area contributed by atoms with Crippen molar-refractivity contribution in [2.24, 2.45) is 10.9 Å². The third-order valence-corrected chi connectivity index (χ3v) is 2.34. The van der Waals surface area contributed by atoms with Crippen molar-refractivity contribution >= 4 is 11.7 Å². The number of rotatable bonds is 5. The lowest BCUT2D eigenvalue weighted by Gasteiger charge is -2.26. The minimum atomic E-state index is -0.117. The standard InChI is InChI=1S/C9H19N3O2/c1-4-7(5-2)12(3)9(13)6-8(10)11-14/h7,14H,4-6H2,1-3H3,(H2,10,11). The molecule has 0 aliphatic rings. The van der Waals surface area contributed by atoms with E-state index in [1.54, 1.807) is 11.9 Å². The number of amidine groups is 1. The molecule has 0 bridgehead atoms. The van der Waals surface area contributed by atoms with Gasteiger partial charge in [-0.1, -0.05) is 19.0 Å². The van der Waals surface area contributed by atoms with E-state index in [0.29, 0.717) is 0 Å². The van der Waals surface area contributed by atoms with E-state index in [1.807, 2.05) is 13.8 Å². The Balaban J connectivity index is 4.23. The van der Waals surface area contributed by atoms with Crippen LogP contribution < -0.4 is 5.73 Å². The third-order valence-electron chi connectivity index (χ3n) is 2.34. The van der Waals surface area contributed by atoms with Gasteiger partial charge in [-0.05, 0) is 12.8 Å². The highest BCUT2D eigenvalue weighted by molar-refractivity contribution is 5.98. The predicted octanol–water partition coefficient (Wildman–Crippen LogP) is 0.770. The van der Waals surface area contributed by atoms with E-state index < -0.39 is 0 Å². The van der Waals surface area contributed by atoms with Crippen molar-refractivity contribution in [3.05, 3.63) is 0 Å². The van der Waals surface area contributed by atoms with E-state index in [0.717, 1.165) is 12.8 Å². The maximum atomic E-state index is 11.5. The number of nitrogens with two attached hydrogens (primary N) is 1. The molecular weight excluding hydrogens is 182 g/mol. The largest absolute Gasteiger partial charge is 0.409 e. The summed E-state index contributed by atoms with van der Waals surface area (Å²) >= 11 is 0. The minimum absolute atomic E-state index is 0.0243. The molecule has 0 unspecified atom stereocenters. The molecule has 0 atom stereocenters. The van der Waals surface area contributed by atoms with Gasteiger partial charge in [0.1, 0.15) is 5.84 Å². The highest BCUT2D eigenvalue weighted by Gasteiger charge is 2.17. The molecule has 0 saturated heterocycles. The van der Waals surface area contributed by atoms with Crippen molar-refractivity contribution in [3.8, 4) is 0 Å². The molecule has 1 amide bonds. The number of nitrogens with zero attached hydrogens (tertiary/aromatic N) is 2. The molecule has 0 rings (SSSR count). The van der Waals surface area contributed by atoms with E-state index in [-0.39, 0.29) is 24.2 Å². The van der Waals surface area contributed by atoms with Crippen LogP contribution in [0.2, 0.25) is 0 Å². The summed E-state index contributed by atoms with van der Waals surface area (Å²) in [4.78, 5) is 13.2. The predicted molar refractivity (Wildman–Crippen MR) is 55.2 cm³/mol. The molecule has 0 aromatic heterocycles. The van der Waals surface area contributed by atoms with Crippen molar-refractivity contribution in [1.82, 2.24) is 4.90 Å². The summed E-state index contributed by atoms with van der Waals surface area (Å²) in [7, 11) is 1.74. The molecule has 14 heavy (non-hydrogen) atoms. The first-order chi connectivity index (χ1) is 6.56. The van der Waals surface area contributed by atoms with Gasteiger partial charge < -0.3 is 15.8 Å². The lowest BCUT2D eigenvalue weighted by atomic mass is 10.1. The van der Waals surface area contributed by atoms with Gasteiger partial charge in [0.25, 0.3) is 0 Å². The second-order valence-corrected chi connectivity index (χ2v) is 3.24. The van der Waals surface area contributed by atoms with Gasteiger partial charge in [-0.25, -0.2) is 0 Å². The fourth-order valence-corrected chi connectivity index (χ4v) is 1.36. The molecule has 0 aliphatic carbocycles. The van der Waals surface area contributed by atoms with E-state index in [1.165, 1.54) is 0 Å². The van der Waals surface area contributed by atoms with Crippen LogP contribution in [-0.4, -0.2) is 34.9 Å². The second kappa shape index (κ2) is 6.23. The fraction of sp³-hybridized carbons (Fsp3) is 0.778. The van der Waals surface area contributed by atoms with Gasteiger partial charge >= 0.3 is 0 Å². The zero-order valence-corrected chi connectivity index (χ0v) is 9.03. The fourth-order valence-electron chi connectivity index (χ4n) is 1.36. The molecule has 0 spiro atoms. The van der Waals surface area contributed by atoms with E-state index in [9.17, 15) is 4.79 Å². The van der Waals surface area contributed by atoms with Gasteiger partial charge in [-0.2, -0.15) is 0 Å². The number of hydrogen-bond donors (Lipinski definition) is 2. The van der Waals surface area contributed by atoms with Gasteiger partial charge in [-0.3, -0.25) is 4.79 Å². The van der Waals surface area contributed by atoms with Crippen LogP contribution in [0.25, 0.3) is 0 Å². The molecule has 0 saturated carbocycles. The molecule has 0 radical (unpaired) electrons. The SMILES string of the molecule is CCC(CC)N(C)C(=O)C/C(N)=N/O. The molecule has 0 heterocycles. The van der Waals surface area contributed by atoms with Gasteiger partial charge in [0, 0.05) is 13.1 Å². The first-order valence-electron chi connectivity index (χ1n) is 4.78. The Morgan fingerprint density at radius 1 is 1.50 bits per heavy atom. The van der Waals surface area contributed by atoms with E-state index in [2.05, 4.69) is 5.16 Å². The lowest BCUT2D eigenvalue weighted by Crippen LogP contribution is -2.38. The number of carbonyl (C=O) groups excluding carboxylic acids is 1.